The Morgan fingerprint density at radius 3 is 2.82 bits per heavy atom. The van der Waals surface area contributed by atoms with Gasteiger partial charge in [0.05, 0.1) is 13.7 Å². The number of nitrogens with zero attached hydrogens (tertiary/aromatic N) is 2. The number of rotatable bonds is 4. The van der Waals surface area contributed by atoms with Crippen LogP contribution < -0.4 is 0 Å². The predicted octanol–water partition coefficient (Wildman–Crippen LogP) is 3.00. The van der Waals surface area contributed by atoms with E-state index >= 15 is 0 Å². The third kappa shape index (κ3) is 3.07. The van der Waals surface area contributed by atoms with Crippen molar-refractivity contribution < 1.29 is 9.63 Å². The van der Waals surface area contributed by atoms with Crippen LogP contribution in [0.1, 0.15) is 23.1 Å². The van der Waals surface area contributed by atoms with Crippen LogP contribution in [-0.4, -0.2) is 23.1 Å². The highest BCUT2D eigenvalue weighted by atomic mass is 16.7. The largest absolute Gasteiger partial charge is 0.274 e. The number of carbonyl (C=O) groups excluding carboxylic acids is 1. The Hall–Kier alpha value is -2.46. The zero-order valence-corrected chi connectivity index (χ0v) is 12.5. The smallest absolute Gasteiger partial charge is 0.273 e. The normalized spacial score (nSPS) is 13.2. The fraction of sp³-hybridized carbons (Fsp3) is 0.222. The van der Waals surface area contributed by atoms with Gasteiger partial charge < -0.3 is 0 Å². The summed E-state index contributed by atoms with van der Waals surface area (Å²) in [6, 6.07) is 11.8. The molecule has 1 aliphatic rings. The first-order valence-corrected chi connectivity index (χ1v) is 7.31. The van der Waals surface area contributed by atoms with Crippen LogP contribution in [0.2, 0.25) is 0 Å². The molecule has 1 aromatic heterocycles. The highest BCUT2D eigenvalue weighted by Crippen LogP contribution is 2.24. The Morgan fingerprint density at radius 2 is 2.05 bits per heavy atom. The number of carbonyl (C=O) groups is 1. The molecule has 0 fully saturated rings. The molecule has 112 valence electrons. The average molecular weight is 294 g/mol. The lowest BCUT2D eigenvalue weighted by Gasteiger charge is -2.23. The lowest BCUT2D eigenvalue weighted by Crippen LogP contribution is -2.31. The highest BCUT2D eigenvalue weighted by molar-refractivity contribution is 5.98. The van der Waals surface area contributed by atoms with Crippen molar-refractivity contribution in [1.29, 1.82) is 0 Å². The van der Waals surface area contributed by atoms with Crippen LogP contribution in [0, 0.1) is 0 Å². The van der Waals surface area contributed by atoms with Gasteiger partial charge in [0.2, 0.25) is 0 Å². The Morgan fingerprint density at radius 1 is 1.23 bits per heavy atom. The van der Waals surface area contributed by atoms with E-state index < -0.39 is 0 Å². The van der Waals surface area contributed by atoms with Gasteiger partial charge in [-0.2, -0.15) is 0 Å². The molecule has 0 radical (unpaired) electrons. The molecule has 0 spiro atoms. The second-order valence-corrected chi connectivity index (χ2v) is 5.25. The van der Waals surface area contributed by atoms with Gasteiger partial charge in [0.15, 0.2) is 0 Å². The topological polar surface area (TPSA) is 42.4 Å². The molecule has 1 aromatic carbocycles. The molecule has 1 heterocycles. The molecule has 1 amide bonds. The molecule has 3 rings (SSSR count). The highest BCUT2D eigenvalue weighted by Gasteiger charge is 2.21. The zero-order valence-electron chi connectivity index (χ0n) is 12.5. The van der Waals surface area contributed by atoms with Crippen molar-refractivity contribution in [2.75, 3.05) is 7.11 Å². The quantitative estimate of drug-likeness (QED) is 0.814. The summed E-state index contributed by atoms with van der Waals surface area (Å²) in [6.45, 7) is 0.441. The Balaban J connectivity index is 1.79. The monoisotopic (exact) mass is 294 g/mol. The second kappa shape index (κ2) is 6.54. The van der Waals surface area contributed by atoms with Crippen molar-refractivity contribution in [3.63, 3.8) is 0 Å². The van der Waals surface area contributed by atoms with Crippen molar-refractivity contribution in [2.24, 2.45) is 0 Å². The first kappa shape index (κ1) is 14.5. The summed E-state index contributed by atoms with van der Waals surface area (Å²) >= 11 is 0. The van der Waals surface area contributed by atoms with E-state index in [4.69, 9.17) is 4.84 Å². The van der Waals surface area contributed by atoms with Gasteiger partial charge in [-0.1, -0.05) is 30.3 Å². The fourth-order valence-electron chi connectivity index (χ4n) is 2.61. The van der Waals surface area contributed by atoms with E-state index in [-0.39, 0.29) is 5.91 Å². The van der Waals surface area contributed by atoms with Gasteiger partial charge in [0.25, 0.3) is 5.91 Å². The first-order chi connectivity index (χ1) is 10.8. The van der Waals surface area contributed by atoms with E-state index in [1.807, 2.05) is 48.7 Å². The van der Waals surface area contributed by atoms with Crippen LogP contribution in [-0.2, 0) is 22.6 Å². The summed E-state index contributed by atoms with van der Waals surface area (Å²) in [7, 11) is 1.53. The second-order valence-electron chi connectivity index (χ2n) is 5.25. The van der Waals surface area contributed by atoms with Crippen molar-refractivity contribution in [1.82, 2.24) is 10.0 Å². The van der Waals surface area contributed by atoms with Crippen LogP contribution in [0.25, 0.3) is 6.08 Å². The summed E-state index contributed by atoms with van der Waals surface area (Å²) in [6.07, 6.45) is 7.11. The lowest BCUT2D eigenvalue weighted by atomic mass is 9.93. The molecule has 1 aliphatic carbocycles. The van der Waals surface area contributed by atoms with E-state index in [2.05, 4.69) is 4.98 Å². The third-order valence-corrected chi connectivity index (χ3v) is 3.83. The molecule has 0 aliphatic heterocycles. The van der Waals surface area contributed by atoms with Gasteiger partial charge in [-0.15, -0.1) is 0 Å². The molecule has 0 unspecified atom stereocenters. The molecule has 4 nitrogen and oxygen atoms in total. The van der Waals surface area contributed by atoms with Gasteiger partial charge in [0, 0.05) is 18.0 Å². The molecule has 0 saturated carbocycles. The standard InChI is InChI=1S/C18H18N2O2/c1-22-20(13-14-5-3-2-4-6-14)18(21)16-7-8-17-12-19-10-9-15(17)11-16/h2-6,9-12H,7-8,13H2,1H3. The van der Waals surface area contributed by atoms with Crippen molar-refractivity contribution >= 4 is 12.0 Å². The predicted molar refractivity (Wildman–Crippen MR) is 84.5 cm³/mol. The van der Waals surface area contributed by atoms with Gasteiger partial charge in [-0.3, -0.25) is 14.6 Å². The molecule has 0 bridgehead atoms. The minimum atomic E-state index is -0.0752. The Kier molecular flexibility index (Phi) is 4.30. The van der Waals surface area contributed by atoms with Crippen LogP contribution in [0.5, 0.6) is 0 Å². The lowest BCUT2D eigenvalue weighted by molar-refractivity contribution is -0.174. The number of fused-ring (bicyclic) bond motifs is 1. The van der Waals surface area contributed by atoms with Crippen LogP contribution in [0.4, 0.5) is 0 Å². The van der Waals surface area contributed by atoms with Crippen LogP contribution in [0.15, 0.2) is 54.4 Å². The molecule has 0 atom stereocenters. The molecule has 22 heavy (non-hydrogen) atoms. The van der Waals surface area contributed by atoms with E-state index in [1.54, 1.807) is 6.20 Å². The van der Waals surface area contributed by atoms with Crippen molar-refractivity contribution in [2.45, 2.75) is 19.4 Å². The van der Waals surface area contributed by atoms with Crippen LogP contribution in [0.3, 0.4) is 0 Å². The van der Waals surface area contributed by atoms with Gasteiger partial charge in [-0.25, -0.2) is 5.06 Å². The summed E-state index contributed by atoms with van der Waals surface area (Å²) in [5.41, 5.74) is 4.07. The number of hydrogen-bond acceptors (Lipinski definition) is 3. The van der Waals surface area contributed by atoms with E-state index in [0.29, 0.717) is 13.0 Å². The summed E-state index contributed by atoms with van der Waals surface area (Å²) in [5, 5.41) is 1.41. The first-order valence-electron chi connectivity index (χ1n) is 7.31. The number of pyridine rings is 1. The molecule has 4 heteroatoms. The molecule has 0 N–H and O–H groups in total. The number of aryl methyl sites for hydroxylation is 1. The van der Waals surface area contributed by atoms with E-state index in [9.17, 15) is 4.79 Å². The summed E-state index contributed by atoms with van der Waals surface area (Å²) in [4.78, 5) is 22.1. The number of amides is 1. The number of hydroxylamine groups is 2. The maximum absolute atomic E-state index is 12.7. The Labute approximate surface area is 130 Å². The number of benzene rings is 1. The minimum absolute atomic E-state index is 0.0752. The van der Waals surface area contributed by atoms with Gasteiger partial charge in [-0.05, 0) is 41.7 Å². The van der Waals surface area contributed by atoms with Crippen molar-refractivity contribution in [3.05, 3.63) is 71.1 Å². The average Bonchev–Trinajstić information content (AvgIpc) is 2.59. The third-order valence-electron chi connectivity index (χ3n) is 3.83. The van der Waals surface area contributed by atoms with Crippen LogP contribution >= 0.6 is 0 Å². The van der Waals surface area contributed by atoms with Crippen molar-refractivity contribution in [3.8, 4) is 0 Å². The maximum Gasteiger partial charge on any atom is 0.273 e. The molecular weight excluding hydrogens is 276 g/mol. The maximum atomic E-state index is 12.7. The number of aromatic nitrogens is 1. The number of hydrogen-bond donors (Lipinski definition) is 0. The zero-order chi connectivity index (χ0) is 15.4. The minimum Gasteiger partial charge on any atom is -0.274 e. The summed E-state index contributed by atoms with van der Waals surface area (Å²) < 4.78 is 0. The SMILES string of the molecule is CON(Cc1ccccc1)C(=O)C1=Cc2ccncc2CC1. The molecule has 2 aromatic rings. The molecule has 0 saturated heterocycles. The van der Waals surface area contributed by atoms with E-state index in [0.717, 1.165) is 23.1 Å². The van der Waals surface area contributed by atoms with Gasteiger partial charge in [0.1, 0.15) is 0 Å². The summed E-state index contributed by atoms with van der Waals surface area (Å²) in [5.74, 6) is -0.0752. The Bertz CT molecular complexity index is 695. The van der Waals surface area contributed by atoms with E-state index in [1.165, 1.54) is 17.7 Å². The molecular formula is C18H18N2O2. The van der Waals surface area contributed by atoms with Gasteiger partial charge >= 0.3 is 0 Å². The fourth-order valence-corrected chi connectivity index (χ4v) is 2.61.